The lowest BCUT2D eigenvalue weighted by Gasteiger charge is -2.09. The van der Waals surface area contributed by atoms with Crippen molar-refractivity contribution in [1.29, 1.82) is 0 Å². The number of esters is 1. The van der Waals surface area contributed by atoms with Crippen molar-refractivity contribution in [2.75, 3.05) is 20.6 Å². The molecule has 0 fully saturated rings. The molecule has 0 heterocycles. The highest BCUT2D eigenvalue weighted by Gasteiger charge is 2.09. The molecule has 0 N–H and O–H groups in total. The molecule has 2 aromatic carbocycles. The lowest BCUT2D eigenvalue weighted by atomic mass is 10.1. The fraction of sp³-hybridized carbons (Fsp3) is 0.222. The third-order valence-electron chi connectivity index (χ3n) is 3.18. The molecular weight excluding hydrogens is 278 g/mol. The largest absolute Gasteiger partial charge is 0.423 e. The summed E-state index contributed by atoms with van der Waals surface area (Å²) in [5, 5.41) is 0. The molecule has 114 valence electrons. The first-order valence-corrected chi connectivity index (χ1v) is 7.11. The number of benzene rings is 2. The molecule has 0 aliphatic heterocycles. The van der Waals surface area contributed by atoms with Gasteiger partial charge >= 0.3 is 5.97 Å². The fourth-order valence-corrected chi connectivity index (χ4v) is 1.92. The maximum Gasteiger partial charge on any atom is 0.343 e. The van der Waals surface area contributed by atoms with Gasteiger partial charge in [0, 0.05) is 18.5 Å². The predicted octanol–water partition coefficient (Wildman–Crippen LogP) is 3.04. The van der Waals surface area contributed by atoms with E-state index in [2.05, 4.69) is 0 Å². The summed E-state index contributed by atoms with van der Waals surface area (Å²) >= 11 is 0. The Morgan fingerprint density at radius 1 is 0.909 bits per heavy atom. The van der Waals surface area contributed by atoms with Crippen LogP contribution in [0.2, 0.25) is 0 Å². The summed E-state index contributed by atoms with van der Waals surface area (Å²) in [6.45, 7) is 0.712. The van der Waals surface area contributed by atoms with Gasteiger partial charge in [-0.15, -0.1) is 0 Å². The van der Waals surface area contributed by atoms with Gasteiger partial charge in [0.15, 0.2) is 5.78 Å². The van der Waals surface area contributed by atoms with Crippen LogP contribution in [0.4, 0.5) is 0 Å². The van der Waals surface area contributed by atoms with Gasteiger partial charge < -0.3 is 9.64 Å². The zero-order valence-electron chi connectivity index (χ0n) is 12.8. The SMILES string of the molecule is CN(C)CCC(=O)c1ccc(OC(=O)c2ccccc2)cc1. The molecule has 0 aromatic heterocycles. The molecule has 0 amide bonds. The minimum absolute atomic E-state index is 0.0784. The van der Waals surface area contributed by atoms with E-state index in [0.29, 0.717) is 29.8 Å². The first-order chi connectivity index (χ1) is 10.6. The number of carbonyl (C=O) groups is 2. The van der Waals surface area contributed by atoms with Crippen LogP contribution in [-0.4, -0.2) is 37.3 Å². The van der Waals surface area contributed by atoms with Crippen LogP contribution in [-0.2, 0) is 0 Å². The molecule has 22 heavy (non-hydrogen) atoms. The predicted molar refractivity (Wildman–Crippen MR) is 85.3 cm³/mol. The fourth-order valence-electron chi connectivity index (χ4n) is 1.92. The van der Waals surface area contributed by atoms with Gasteiger partial charge in [-0.05, 0) is 50.5 Å². The maximum atomic E-state index is 12.0. The average Bonchev–Trinajstić information content (AvgIpc) is 2.54. The molecule has 0 bridgehead atoms. The molecule has 0 spiro atoms. The van der Waals surface area contributed by atoms with E-state index in [1.807, 2.05) is 25.1 Å². The monoisotopic (exact) mass is 297 g/mol. The molecule has 4 heteroatoms. The van der Waals surface area contributed by atoms with Crippen LogP contribution in [0.3, 0.4) is 0 Å². The molecule has 0 saturated heterocycles. The summed E-state index contributed by atoms with van der Waals surface area (Å²) in [5.74, 6) is 0.0972. The summed E-state index contributed by atoms with van der Waals surface area (Å²) in [6.07, 6.45) is 0.468. The van der Waals surface area contributed by atoms with Gasteiger partial charge in [0.25, 0.3) is 0 Å². The van der Waals surface area contributed by atoms with Gasteiger partial charge in [0.2, 0.25) is 0 Å². The minimum atomic E-state index is -0.410. The number of carbonyl (C=O) groups excluding carboxylic acids is 2. The van der Waals surface area contributed by atoms with E-state index in [1.165, 1.54) is 0 Å². The minimum Gasteiger partial charge on any atom is -0.423 e. The van der Waals surface area contributed by atoms with Crippen molar-refractivity contribution in [3.63, 3.8) is 0 Å². The van der Waals surface area contributed by atoms with Crippen molar-refractivity contribution in [2.45, 2.75) is 6.42 Å². The summed E-state index contributed by atoms with van der Waals surface area (Å²) < 4.78 is 5.27. The van der Waals surface area contributed by atoms with Crippen LogP contribution in [0.25, 0.3) is 0 Å². The molecular formula is C18H19NO3. The van der Waals surface area contributed by atoms with Crippen molar-refractivity contribution in [3.8, 4) is 5.75 Å². The molecule has 0 unspecified atom stereocenters. The smallest absolute Gasteiger partial charge is 0.343 e. The van der Waals surface area contributed by atoms with Crippen molar-refractivity contribution in [2.24, 2.45) is 0 Å². The van der Waals surface area contributed by atoms with Crippen LogP contribution in [0.1, 0.15) is 27.1 Å². The molecule has 0 radical (unpaired) electrons. The second-order valence-corrected chi connectivity index (χ2v) is 5.26. The van der Waals surface area contributed by atoms with Crippen molar-refractivity contribution in [3.05, 3.63) is 65.7 Å². The molecule has 2 rings (SSSR count). The summed E-state index contributed by atoms with van der Waals surface area (Å²) in [6, 6.07) is 15.4. The number of hydrogen-bond acceptors (Lipinski definition) is 4. The molecule has 4 nitrogen and oxygen atoms in total. The Bertz CT molecular complexity index is 633. The number of ketones is 1. The van der Waals surface area contributed by atoms with Gasteiger partial charge in [-0.3, -0.25) is 4.79 Å². The van der Waals surface area contributed by atoms with Crippen LogP contribution in [0.15, 0.2) is 54.6 Å². The number of ether oxygens (including phenoxy) is 1. The van der Waals surface area contributed by atoms with Crippen LogP contribution in [0, 0.1) is 0 Å². The highest BCUT2D eigenvalue weighted by molar-refractivity contribution is 5.96. The first kappa shape index (κ1) is 15.9. The van der Waals surface area contributed by atoms with Crippen LogP contribution < -0.4 is 4.74 Å². The van der Waals surface area contributed by atoms with Gasteiger partial charge in [-0.25, -0.2) is 4.79 Å². The lowest BCUT2D eigenvalue weighted by molar-refractivity contribution is 0.0734. The summed E-state index contributed by atoms with van der Waals surface area (Å²) in [7, 11) is 3.86. The highest BCUT2D eigenvalue weighted by atomic mass is 16.5. The Morgan fingerprint density at radius 3 is 2.14 bits per heavy atom. The van der Waals surface area contributed by atoms with E-state index in [1.54, 1.807) is 48.5 Å². The molecule has 0 atom stereocenters. The van der Waals surface area contributed by atoms with Crippen LogP contribution in [0.5, 0.6) is 5.75 Å². The molecule has 0 aliphatic carbocycles. The third-order valence-corrected chi connectivity index (χ3v) is 3.18. The number of Topliss-reactive ketones (excluding diaryl/α,β-unsaturated/α-hetero) is 1. The van der Waals surface area contributed by atoms with E-state index in [0.717, 1.165) is 0 Å². The second kappa shape index (κ2) is 7.52. The Morgan fingerprint density at radius 2 is 1.55 bits per heavy atom. The third kappa shape index (κ3) is 4.53. The normalized spacial score (nSPS) is 10.5. The van der Waals surface area contributed by atoms with Crippen molar-refractivity contribution in [1.82, 2.24) is 4.90 Å². The van der Waals surface area contributed by atoms with Gasteiger partial charge in [0.05, 0.1) is 5.56 Å². The second-order valence-electron chi connectivity index (χ2n) is 5.26. The van der Waals surface area contributed by atoms with Crippen LogP contribution >= 0.6 is 0 Å². The molecule has 0 aliphatic rings. The van der Waals surface area contributed by atoms with Crippen molar-refractivity contribution < 1.29 is 14.3 Å². The number of nitrogens with zero attached hydrogens (tertiary/aromatic N) is 1. The van der Waals surface area contributed by atoms with Gasteiger partial charge in [0.1, 0.15) is 5.75 Å². The lowest BCUT2D eigenvalue weighted by Crippen LogP contribution is -2.16. The highest BCUT2D eigenvalue weighted by Crippen LogP contribution is 2.15. The van der Waals surface area contributed by atoms with E-state index in [4.69, 9.17) is 4.74 Å². The van der Waals surface area contributed by atoms with E-state index >= 15 is 0 Å². The number of hydrogen-bond donors (Lipinski definition) is 0. The average molecular weight is 297 g/mol. The molecule has 0 saturated carbocycles. The maximum absolute atomic E-state index is 12.0. The Hall–Kier alpha value is -2.46. The zero-order chi connectivity index (χ0) is 15.9. The number of rotatable bonds is 6. The standard InChI is InChI=1S/C18H19NO3/c1-19(2)13-12-17(20)14-8-10-16(11-9-14)22-18(21)15-6-4-3-5-7-15/h3-11H,12-13H2,1-2H3. The van der Waals surface area contributed by atoms with E-state index in [-0.39, 0.29) is 5.78 Å². The Balaban J connectivity index is 1.97. The summed E-state index contributed by atoms with van der Waals surface area (Å²) in [5.41, 5.74) is 1.12. The first-order valence-electron chi connectivity index (χ1n) is 7.11. The summed E-state index contributed by atoms with van der Waals surface area (Å²) in [4.78, 5) is 25.9. The Kier molecular flexibility index (Phi) is 5.44. The topological polar surface area (TPSA) is 46.6 Å². The van der Waals surface area contributed by atoms with E-state index < -0.39 is 5.97 Å². The van der Waals surface area contributed by atoms with Gasteiger partial charge in [-0.1, -0.05) is 18.2 Å². The quantitative estimate of drug-likeness (QED) is 0.467. The van der Waals surface area contributed by atoms with Crippen molar-refractivity contribution >= 4 is 11.8 Å². The Labute approximate surface area is 130 Å². The van der Waals surface area contributed by atoms with Gasteiger partial charge in [-0.2, -0.15) is 0 Å². The van der Waals surface area contributed by atoms with E-state index in [9.17, 15) is 9.59 Å². The zero-order valence-corrected chi connectivity index (χ0v) is 12.8. The molecule has 2 aromatic rings.